The lowest BCUT2D eigenvalue weighted by molar-refractivity contribution is 0.738. The SMILES string of the molecule is Cc1nc(Cl)cc(N2CCC(c3cc(=O)[nH]c(N)n3)C2)n1. The second kappa shape index (κ2) is 5.33. The monoisotopic (exact) mass is 306 g/mol. The van der Waals surface area contributed by atoms with Gasteiger partial charge in [0.2, 0.25) is 5.95 Å². The van der Waals surface area contributed by atoms with E-state index in [0.717, 1.165) is 31.0 Å². The molecule has 110 valence electrons. The van der Waals surface area contributed by atoms with Crippen LogP contribution in [0.2, 0.25) is 5.15 Å². The molecule has 1 aliphatic heterocycles. The number of nitrogens with two attached hydrogens (primary N) is 1. The summed E-state index contributed by atoms with van der Waals surface area (Å²) in [5.74, 6) is 1.74. The molecule has 7 nitrogen and oxygen atoms in total. The van der Waals surface area contributed by atoms with Crippen molar-refractivity contribution in [1.82, 2.24) is 19.9 Å². The van der Waals surface area contributed by atoms with Crippen LogP contribution < -0.4 is 16.2 Å². The van der Waals surface area contributed by atoms with Gasteiger partial charge in [0.25, 0.3) is 5.56 Å². The topological polar surface area (TPSA) is 101 Å². The molecular formula is C13H15ClN6O. The van der Waals surface area contributed by atoms with Crippen LogP contribution in [-0.2, 0) is 0 Å². The Balaban J connectivity index is 1.83. The zero-order valence-corrected chi connectivity index (χ0v) is 12.3. The largest absolute Gasteiger partial charge is 0.369 e. The Morgan fingerprint density at radius 3 is 2.90 bits per heavy atom. The Morgan fingerprint density at radius 1 is 1.38 bits per heavy atom. The summed E-state index contributed by atoms with van der Waals surface area (Å²) in [4.78, 5) is 28.7. The zero-order chi connectivity index (χ0) is 15.0. The lowest BCUT2D eigenvalue weighted by Gasteiger charge is -2.17. The second-order valence-electron chi connectivity index (χ2n) is 5.08. The summed E-state index contributed by atoms with van der Waals surface area (Å²) in [6.45, 7) is 3.36. The van der Waals surface area contributed by atoms with E-state index in [9.17, 15) is 4.79 Å². The first-order valence-electron chi connectivity index (χ1n) is 6.64. The maximum atomic E-state index is 11.5. The van der Waals surface area contributed by atoms with Crippen LogP contribution in [0, 0.1) is 6.92 Å². The number of aromatic amines is 1. The molecule has 1 saturated heterocycles. The van der Waals surface area contributed by atoms with Crippen LogP contribution >= 0.6 is 11.6 Å². The average molecular weight is 307 g/mol. The van der Waals surface area contributed by atoms with Gasteiger partial charge in [-0.3, -0.25) is 9.78 Å². The number of H-pyrrole nitrogens is 1. The van der Waals surface area contributed by atoms with Crippen LogP contribution in [-0.4, -0.2) is 33.0 Å². The number of hydrogen-bond donors (Lipinski definition) is 2. The number of nitrogens with zero attached hydrogens (tertiary/aromatic N) is 4. The Hall–Kier alpha value is -2.15. The first-order valence-corrected chi connectivity index (χ1v) is 7.02. The van der Waals surface area contributed by atoms with Gasteiger partial charge in [-0.15, -0.1) is 0 Å². The minimum atomic E-state index is -0.225. The van der Waals surface area contributed by atoms with Crippen molar-refractivity contribution in [3.8, 4) is 0 Å². The van der Waals surface area contributed by atoms with Gasteiger partial charge in [0, 0.05) is 31.1 Å². The predicted molar refractivity (Wildman–Crippen MR) is 80.6 cm³/mol. The van der Waals surface area contributed by atoms with Crippen LogP contribution in [0.15, 0.2) is 16.9 Å². The first-order chi connectivity index (χ1) is 10.0. The summed E-state index contributed by atoms with van der Waals surface area (Å²) in [6.07, 6.45) is 0.885. The van der Waals surface area contributed by atoms with Gasteiger partial charge in [-0.25, -0.2) is 15.0 Å². The predicted octanol–water partition coefficient (Wildman–Crippen LogP) is 1.10. The molecule has 3 rings (SSSR count). The van der Waals surface area contributed by atoms with Gasteiger partial charge in [-0.2, -0.15) is 0 Å². The van der Waals surface area contributed by atoms with Gasteiger partial charge in [-0.1, -0.05) is 11.6 Å². The maximum absolute atomic E-state index is 11.5. The van der Waals surface area contributed by atoms with Gasteiger partial charge in [-0.05, 0) is 13.3 Å². The van der Waals surface area contributed by atoms with Crippen LogP contribution in [0.25, 0.3) is 0 Å². The molecule has 2 aromatic heterocycles. The summed E-state index contributed by atoms with van der Waals surface area (Å²) in [7, 11) is 0. The van der Waals surface area contributed by atoms with E-state index in [1.165, 1.54) is 6.07 Å². The van der Waals surface area contributed by atoms with E-state index in [1.54, 1.807) is 6.07 Å². The number of aromatic nitrogens is 4. The van der Waals surface area contributed by atoms with E-state index < -0.39 is 0 Å². The molecule has 0 aromatic carbocycles. The number of nitrogen functional groups attached to an aromatic ring is 1. The standard InChI is InChI=1S/C13H15ClN6O/c1-7-16-10(14)5-11(17-7)20-3-2-8(6-20)9-4-12(21)19-13(15)18-9/h4-5,8H,2-3,6H2,1H3,(H3,15,18,19,21). The quantitative estimate of drug-likeness (QED) is 0.806. The van der Waals surface area contributed by atoms with Crippen LogP contribution in [0.4, 0.5) is 11.8 Å². The van der Waals surface area contributed by atoms with Gasteiger partial charge >= 0.3 is 0 Å². The molecule has 0 aliphatic carbocycles. The number of halogens is 1. The van der Waals surface area contributed by atoms with E-state index in [4.69, 9.17) is 17.3 Å². The molecule has 2 aromatic rings. The van der Waals surface area contributed by atoms with Crippen LogP contribution in [0.3, 0.4) is 0 Å². The molecule has 0 spiro atoms. The van der Waals surface area contributed by atoms with Crippen molar-refractivity contribution in [2.75, 3.05) is 23.7 Å². The van der Waals surface area contributed by atoms with Crippen molar-refractivity contribution in [2.24, 2.45) is 0 Å². The molecule has 1 atom stereocenters. The van der Waals surface area contributed by atoms with Crippen molar-refractivity contribution in [2.45, 2.75) is 19.3 Å². The molecule has 0 radical (unpaired) electrons. The summed E-state index contributed by atoms with van der Waals surface area (Å²) < 4.78 is 0. The normalized spacial score (nSPS) is 18.2. The minimum Gasteiger partial charge on any atom is -0.369 e. The maximum Gasteiger partial charge on any atom is 0.252 e. The minimum absolute atomic E-state index is 0.150. The number of hydrogen-bond acceptors (Lipinski definition) is 6. The Morgan fingerprint density at radius 2 is 2.19 bits per heavy atom. The van der Waals surface area contributed by atoms with Crippen molar-refractivity contribution < 1.29 is 0 Å². The van der Waals surface area contributed by atoms with Crippen molar-refractivity contribution >= 4 is 23.4 Å². The van der Waals surface area contributed by atoms with Gasteiger partial charge in [0.05, 0.1) is 5.69 Å². The molecule has 1 unspecified atom stereocenters. The van der Waals surface area contributed by atoms with Crippen molar-refractivity contribution in [3.63, 3.8) is 0 Å². The number of nitrogens with one attached hydrogen (secondary N) is 1. The molecule has 0 saturated carbocycles. The third-order valence-corrected chi connectivity index (χ3v) is 3.70. The highest BCUT2D eigenvalue weighted by Crippen LogP contribution is 2.29. The molecular weight excluding hydrogens is 292 g/mol. The molecule has 3 N–H and O–H groups in total. The lowest BCUT2D eigenvalue weighted by Crippen LogP contribution is -2.22. The van der Waals surface area contributed by atoms with Crippen LogP contribution in [0.1, 0.15) is 23.9 Å². The molecule has 0 bridgehead atoms. The smallest absolute Gasteiger partial charge is 0.252 e. The summed E-state index contributed by atoms with van der Waals surface area (Å²) in [5, 5.41) is 0.430. The van der Waals surface area contributed by atoms with E-state index in [0.29, 0.717) is 11.0 Å². The average Bonchev–Trinajstić information content (AvgIpc) is 2.85. The molecule has 1 aliphatic rings. The Labute approximate surface area is 126 Å². The molecule has 1 fully saturated rings. The highest BCUT2D eigenvalue weighted by molar-refractivity contribution is 6.29. The Bertz CT molecular complexity index is 711. The summed E-state index contributed by atoms with van der Waals surface area (Å²) in [6, 6.07) is 3.25. The number of rotatable bonds is 2. The van der Waals surface area contributed by atoms with Crippen molar-refractivity contribution in [1.29, 1.82) is 0 Å². The Kier molecular flexibility index (Phi) is 3.50. The highest BCUT2D eigenvalue weighted by Gasteiger charge is 2.26. The third-order valence-electron chi connectivity index (χ3n) is 3.50. The summed E-state index contributed by atoms with van der Waals surface area (Å²) >= 11 is 5.97. The van der Waals surface area contributed by atoms with E-state index in [1.807, 2.05) is 6.92 Å². The fraction of sp³-hybridized carbons (Fsp3) is 0.385. The van der Waals surface area contributed by atoms with Gasteiger partial charge in [0.1, 0.15) is 16.8 Å². The zero-order valence-electron chi connectivity index (χ0n) is 11.5. The van der Waals surface area contributed by atoms with E-state index in [2.05, 4.69) is 24.8 Å². The highest BCUT2D eigenvalue weighted by atomic mass is 35.5. The van der Waals surface area contributed by atoms with Gasteiger partial charge < -0.3 is 10.6 Å². The number of aryl methyl sites for hydroxylation is 1. The molecule has 3 heterocycles. The van der Waals surface area contributed by atoms with Crippen LogP contribution in [0.5, 0.6) is 0 Å². The second-order valence-corrected chi connectivity index (χ2v) is 5.47. The van der Waals surface area contributed by atoms with E-state index in [-0.39, 0.29) is 17.4 Å². The molecule has 0 amide bonds. The fourth-order valence-electron chi connectivity index (χ4n) is 2.59. The molecule has 21 heavy (non-hydrogen) atoms. The fourth-order valence-corrected chi connectivity index (χ4v) is 2.81. The summed E-state index contributed by atoms with van der Waals surface area (Å²) in [5.41, 5.74) is 6.09. The van der Waals surface area contributed by atoms with Crippen molar-refractivity contribution in [3.05, 3.63) is 39.2 Å². The van der Waals surface area contributed by atoms with Gasteiger partial charge in [0.15, 0.2) is 0 Å². The first kappa shape index (κ1) is 13.8. The molecule has 8 heteroatoms. The van der Waals surface area contributed by atoms with E-state index >= 15 is 0 Å². The number of anilines is 2. The lowest BCUT2D eigenvalue weighted by atomic mass is 10.1. The third kappa shape index (κ3) is 2.97.